The molecule has 3 heterocycles. The molecule has 0 aromatic carbocycles. The zero-order chi connectivity index (χ0) is 17.9. The van der Waals surface area contributed by atoms with Crippen LogP contribution in [0, 0.1) is 0 Å². The van der Waals surface area contributed by atoms with Gasteiger partial charge in [-0.05, 0) is 32.0 Å². The van der Waals surface area contributed by atoms with Crippen LogP contribution in [0.25, 0.3) is 0 Å². The van der Waals surface area contributed by atoms with Gasteiger partial charge in [0, 0.05) is 18.5 Å². The molecule has 0 atom stereocenters. The molecule has 1 fully saturated rings. The molecular formula is C15H19F3N6O. The number of piperidine rings is 1. The Morgan fingerprint density at radius 3 is 2.56 bits per heavy atom. The summed E-state index contributed by atoms with van der Waals surface area (Å²) in [6, 6.07) is 3.05. The molecule has 0 aliphatic carbocycles. The number of nitrogens with two attached hydrogens (primary N) is 1. The van der Waals surface area contributed by atoms with Crippen LogP contribution in [-0.2, 0) is 6.54 Å². The maximum atomic E-state index is 12.1. The van der Waals surface area contributed by atoms with Gasteiger partial charge in [-0.15, -0.1) is 5.10 Å². The van der Waals surface area contributed by atoms with Gasteiger partial charge in [0.05, 0.1) is 23.3 Å². The van der Waals surface area contributed by atoms with Crippen molar-refractivity contribution in [2.24, 2.45) is 0 Å². The first-order valence-corrected chi connectivity index (χ1v) is 7.94. The molecule has 3 rings (SSSR count). The number of H-pyrrole nitrogens is 1. The molecule has 2 aromatic rings. The van der Waals surface area contributed by atoms with E-state index in [1.807, 2.05) is 0 Å². The number of rotatable bonds is 5. The number of nitrogens with one attached hydrogen (secondary N) is 1. The number of nitrogens with zero attached hydrogens (tertiary/aromatic N) is 4. The summed E-state index contributed by atoms with van der Waals surface area (Å²) in [5.74, 6) is 0.234. The molecule has 0 spiro atoms. The van der Waals surface area contributed by atoms with Gasteiger partial charge >= 0.3 is 6.18 Å². The van der Waals surface area contributed by atoms with Gasteiger partial charge < -0.3 is 10.5 Å². The van der Waals surface area contributed by atoms with E-state index in [1.165, 1.54) is 6.07 Å². The summed E-state index contributed by atoms with van der Waals surface area (Å²) in [5, 5.41) is 14.5. The van der Waals surface area contributed by atoms with Crippen molar-refractivity contribution in [2.45, 2.75) is 31.5 Å². The number of aromatic nitrogens is 4. The minimum absolute atomic E-state index is 0.130. The van der Waals surface area contributed by atoms with Gasteiger partial charge in [-0.1, -0.05) is 0 Å². The van der Waals surface area contributed by atoms with Crippen LogP contribution in [0.15, 0.2) is 18.3 Å². The van der Waals surface area contributed by atoms with Crippen molar-refractivity contribution in [1.29, 1.82) is 0 Å². The molecule has 10 heteroatoms. The quantitative estimate of drug-likeness (QED) is 0.852. The topological polar surface area (TPSA) is 93.0 Å². The summed E-state index contributed by atoms with van der Waals surface area (Å²) in [7, 11) is 0. The monoisotopic (exact) mass is 356 g/mol. The maximum absolute atomic E-state index is 12.1. The Kier molecular flexibility index (Phi) is 5.07. The lowest BCUT2D eigenvalue weighted by Gasteiger charge is -2.31. The van der Waals surface area contributed by atoms with Crippen LogP contribution >= 0.6 is 0 Å². The lowest BCUT2D eigenvalue weighted by atomic mass is 9.93. The maximum Gasteiger partial charge on any atom is 0.422 e. The van der Waals surface area contributed by atoms with Gasteiger partial charge in [-0.25, -0.2) is 0 Å². The summed E-state index contributed by atoms with van der Waals surface area (Å²) in [5.41, 5.74) is 8.27. The van der Waals surface area contributed by atoms with Crippen molar-refractivity contribution in [1.82, 2.24) is 25.3 Å². The second-order valence-corrected chi connectivity index (χ2v) is 6.06. The van der Waals surface area contributed by atoms with Gasteiger partial charge in [0.15, 0.2) is 6.61 Å². The highest BCUT2D eigenvalue weighted by molar-refractivity contribution is 5.42. The molecule has 0 bridgehead atoms. The molecule has 0 radical (unpaired) electrons. The van der Waals surface area contributed by atoms with Crippen LogP contribution in [0.2, 0.25) is 0 Å². The van der Waals surface area contributed by atoms with E-state index < -0.39 is 12.8 Å². The molecular weight excluding hydrogens is 337 g/mol. The fourth-order valence-electron chi connectivity index (χ4n) is 2.91. The van der Waals surface area contributed by atoms with Gasteiger partial charge in [-0.2, -0.15) is 23.4 Å². The predicted octanol–water partition coefficient (Wildman–Crippen LogP) is 2.10. The second-order valence-electron chi connectivity index (χ2n) is 6.06. The van der Waals surface area contributed by atoms with E-state index in [4.69, 9.17) is 5.73 Å². The SMILES string of the molecule is Nc1cn[nH]c1C1CCN(Cc2ccc(OCC(F)(F)F)nn2)CC1. The van der Waals surface area contributed by atoms with Gasteiger partial charge in [0.2, 0.25) is 5.88 Å². The number of likely N-dealkylation sites (tertiary alicyclic amines) is 1. The summed E-state index contributed by atoms with van der Waals surface area (Å²) in [6.45, 7) is 0.970. The first kappa shape index (κ1) is 17.5. The summed E-state index contributed by atoms with van der Waals surface area (Å²) in [6.07, 6.45) is -0.859. The molecule has 0 unspecified atom stereocenters. The highest BCUT2D eigenvalue weighted by Crippen LogP contribution is 2.30. The third-order valence-corrected chi connectivity index (χ3v) is 4.16. The van der Waals surface area contributed by atoms with Gasteiger partial charge in [0.1, 0.15) is 0 Å². The van der Waals surface area contributed by atoms with E-state index in [2.05, 4.69) is 30.0 Å². The van der Waals surface area contributed by atoms with Crippen molar-refractivity contribution < 1.29 is 17.9 Å². The lowest BCUT2D eigenvalue weighted by Crippen LogP contribution is -2.33. The smallest absolute Gasteiger partial charge is 0.422 e. The number of nitrogen functional groups attached to an aromatic ring is 1. The Balaban J connectivity index is 1.48. The third kappa shape index (κ3) is 4.81. The third-order valence-electron chi connectivity index (χ3n) is 4.16. The number of alkyl halides is 3. The standard InChI is InChI=1S/C15H19F3N6O/c16-15(17,18)9-25-13-2-1-11(21-22-13)8-24-5-3-10(4-6-24)14-12(19)7-20-23-14/h1-2,7,10H,3-6,8-9,19H2,(H,20,23). The van der Waals surface area contributed by atoms with E-state index in [-0.39, 0.29) is 5.88 Å². The average Bonchev–Trinajstić information content (AvgIpc) is 3.00. The Labute approximate surface area is 142 Å². The van der Waals surface area contributed by atoms with Gasteiger partial charge in [0.25, 0.3) is 0 Å². The minimum Gasteiger partial charge on any atom is -0.467 e. The number of hydrogen-bond donors (Lipinski definition) is 2. The van der Waals surface area contributed by atoms with Crippen molar-refractivity contribution in [3.8, 4) is 5.88 Å². The summed E-state index contributed by atoms with van der Waals surface area (Å²) in [4.78, 5) is 2.23. The van der Waals surface area contributed by atoms with Crippen molar-refractivity contribution in [3.63, 3.8) is 0 Å². The van der Waals surface area contributed by atoms with E-state index in [0.29, 0.717) is 23.8 Å². The van der Waals surface area contributed by atoms with Crippen molar-refractivity contribution in [2.75, 3.05) is 25.4 Å². The van der Waals surface area contributed by atoms with Crippen molar-refractivity contribution in [3.05, 3.63) is 29.7 Å². The highest BCUT2D eigenvalue weighted by atomic mass is 19.4. The molecule has 1 saturated heterocycles. The van der Waals surface area contributed by atoms with Crippen LogP contribution in [0.4, 0.5) is 18.9 Å². The number of halogens is 3. The molecule has 0 amide bonds. The molecule has 1 aliphatic heterocycles. The summed E-state index contributed by atoms with van der Waals surface area (Å²) >= 11 is 0. The Bertz CT molecular complexity index is 679. The van der Waals surface area contributed by atoms with E-state index in [0.717, 1.165) is 31.6 Å². The Morgan fingerprint density at radius 2 is 2.00 bits per heavy atom. The Hall–Kier alpha value is -2.36. The molecule has 136 valence electrons. The fourth-order valence-corrected chi connectivity index (χ4v) is 2.91. The summed E-state index contributed by atoms with van der Waals surface area (Å²) < 4.78 is 40.8. The average molecular weight is 356 g/mol. The fraction of sp³-hybridized carbons (Fsp3) is 0.533. The second kappa shape index (κ2) is 7.26. The predicted molar refractivity (Wildman–Crippen MR) is 83.8 cm³/mol. The Morgan fingerprint density at radius 1 is 1.24 bits per heavy atom. The molecule has 7 nitrogen and oxygen atoms in total. The number of anilines is 1. The highest BCUT2D eigenvalue weighted by Gasteiger charge is 2.28. The van der Waals surface area contributed by atoms with E-state index in [9.17, 15) is 13.2 Å². The van der Waals surface area contributed by atoms with Crippen LogP contribution in [0.3, 0.4) is 0 Å². The normalized spacial score (nSPS) is 16.9. The number of hydrogen-bond acceptors (Lipinski definition) is 6. The minimum atomic E-state index is -4.39. The zero-order valence-electron chi connectivity index (χ0n) is 13.5. The molecule has 0 saturated carbocycles. The largest absolute Gasteiger partial charge is 0.467 e. The van der Waals surface area contributed by atoms with Crippen LogP contribution in [0.5, 0.6) is 5.88 Å². The number of ether oxygens (including phenoxy) is 1. The van der Waals surface area contributed by atoms with Gasteiger partial charge in [-0.3, -0.25) is 10.00 Å². The van der Waals surface area contributed by atoms with Crippen LogP contribution in [0.1, 0.15) is 30.1 Å². The molecule has 2 aromatic heterocycles. The van der Waals surface area contributed by atoms with Crippen LogP contribution in [-0.4, -0.2) is 51.2 Å². The lowest BCUT2D eigenvalue weighted by molar-refractivity contribution is -0.154. The first-order valence-electron chi connectivity index (χ1n) is 7.94. The van der Waals surface area contributed by atoms with E-state index in [1.54, 1.807) is 12.3 Å². The molecule has 25 heavy (non-hydrogen) atoms. The van der Waals surface area contributed by atoms with E-state index >= 15 is 0 Å². The van der Waals surface area contributed by atoms with Crippen LogP contribution < -0.4 is 10.5 Å². The molecule has 1 aliphatic rings. The number of aromatic amines is 1. The molecule has 3 N–H and O–H groups in total. The van der Waals surface area contributed by atoms with Crippen molar-refractivity contribution >= 4 is 5.69 Å². The first-order chi connectivity index (χ1) is 11.9. The zero-order valence-corrected chi connectivity index (χ0v) is 13.5.